The number of nitrogens with two attached hydrogens (primary N) is 1. The van der Waals surface area contributed by atoms with Gasteiger partial charge in [0, 0.05) is 13.2 Å². The Balaban J connectivity index is 2.48. The number of nitrogens with one attached hydrogen (secondary N) is 1. The van der Waals surface area contributed by atoms with Crippen molar-refractivity contribution < 1.29 is 18.8 Å². The molecule has 0 unspecified atom stereocenters. The summed E-state index contributed by atoms with van der Waals surface area (Å²) in [6.45, 7) is 12.2. The lowest BCUT2D eigenvalue weighted by Crippen LogP contribution is -2.48. The van der Waals surface area contributed by atoms with Crippen LogP contribution in [0, 0.1) is 5.92 Å². The van der Waals surface area contributed by atoms with E-state index in [0.29, 0.717) is 32.7 Å². The molecule has 0 aliphatic carbocycles. The van der Waals surface area contributed by atoms with Gasteiger partial charge in [0.2, 0.25) is 11.8 Å². The van der Waals surface area contributed by atoms with Crippen LogP contribution in [0.3, 0.4) is 0 Å². The zero-order valence-electron chi connectivity index (χ0n) is 14.4. The highest BCUT2D eigenvalue weighted by Crippen LogP contribution is 2.36. The smallest absolute Gasteiger partial charge is 0.240 e. The minimum Gasteiger partial charge on any atom is -0.417 e. The molecule has 128 valence electrons. The standard InChI is InChI=1S/C15H30N2O4Si/c1-15(2,3)22(4,5)21-9-7-12(13(16)18)17-14(19)11-6-8-20-10-11/h11-12H,6-10H2,1-5H3,(H2,16,18)(H,17,19)/t11-,12-/m0/s1. The van der Waals surface area contributed by atoms with E-state index in [1.807, 2.05) is 0 Å². The molecule has 2 atom stereocenters. The van der Waals surface area contributed by atoms with Crippen LogP contribution in [-0.4, -0.2) is 46.0 Å². The lowest BCUT2D eigenvalue weighted by molar-refractivity contribution is -0.130. The van der Waals surface area contributed by atoms with Crippen molar-refractivity contribution in [3.63, 3.8) is 0 Å². The number of hydrogen-bond acceptors (Lipinski definition) is 4. The van der Waals surface area contributed by atoms with Gasteiger partial charge in [-0.3, -0.25) is 9.59 Å². The highest BCUT2D eigenvalue weighted by molar-refractivity contribution is 6.74. The SMILES string of the molecule is CC(C)(C)[Si](C)(C)OCC[C@H](NC(=O)[C@H]1CCOC1)C(N)=O. The molecule has 1 aliphatic rings. The lowest BCUT2D eigenvalue weighted by Gasteiger charge is -2.36. The summed E-state index contributed by atoms with van der Waals surface area (Å²) < 4.78 is 11.2. The first-order valence-corrected chi connectivity index (χ1v) is 10.8. The maximum atomic E-state index is 12.0. The first-order chi connectivity index (χ1) is 10.0. The Hall–Kier alpha value is -0.923. The Kier molecular flexibility index (Phi) is 6.58. The predicted molar refractivity (Wildman–Crippen MR) is 87.8 cm³/mol. The molecule has 1 fully saturated rings. The Morgan fingerprint density at radius 3 is 2.50 bits per heavy atom. The molecule has 0 aromatic heterocycles. The van der Waals surface area contributed by atoms with Gasteiger partial charge in [-0.1, -0.05) is 20.8 Å². The number of hydrogen-bond donors (Lipinski definition) is 2. The van der Waals surface area contributed by atoms with Crippen molar-refractivity contribution >= 4 is 20.1 Å². The van der Waals surface area contributed by atoms with Crippen molar-refractivity contribution in [1.82, 2.24) is 5.32 Å². The molecule has 22 heavy (non-hydrogen) atoms. The van der Waals surface area contributed by atoms with Crippen molar-refractivity contribution in [2.45, 2.75) is 57.8 Å². The number of amides is 2. The third kappa shape index (κ3) is 5.37. The van der Waals surface area contributed by atoms with Crippen LogP contribution in [0.5, 0.6) is 0 Å². The van der Waals surface area contributed by atoms with E-state index in [1.165, 1.54) is 0 Å². The predicted octanol–water partition coefficient (Wildman–Crippen LogP) is 1.40. The van der Waals surface area contributed by atoms with Gasteiger partial charge in [-0.2, -0.15) is 0 Å². The molecule has 1 aliphatic heterocycles. The average Bonchev–Trinajstić information content (AvgIpc) is 2.89. The van der Waals surface area contributed by atoms with Gasteiger partial charge in [0.15, 0.2) is 8.32 Å². The summed E-state index contributed by atoms with van der Waals surface area (Å²) in [4.78, 5) is 23.6. The molecule has 7 heteroatoms. The fraction of sp³-hybridized carbons (Fsp3) is 0.867. The summed E-state index contributed by atoms with van der Waals surface area (Å²) in [7, 11) is -1.86. The molecule has 1 rings (SSSR count). The third-order valence-electron chi connectivity index (χ3n) is 4.64. The van der Waals surface area contributed by atoms with Gasteiger partial charge in [0.05, 0.1) is 12.5 Å². The van der Waals surface area contributed by atoms with Crippen LogP contribution in [0.25, 0.3) is 0 Å². The molecular formula is C15H30N2O4Si. The first kappa shape index (κ1) is 19.1. The zero-order valence-corrected chi connectivity index (χ0v) is 15.4. The summed E-state index contributed by atoms with van der Waals surface area (Å²) >= 11 is 0. The van der Waals surface area contributed by atoms with Crippen LogP contribution in [0.1, 0.15) is 33.6 Å². The fourth-order valence-corrected chi connectivity index (χ4v) is 3.03. The second-order valence-electron chi connectivity index (χ2n) is 7.42. The van der Waals surface area contributed by atoms with E-state index in [1.54, 1.807) is 0 Å². The van der Waals surface area contributed by atoms with Crippen LogP contribution >= 0.6 is 0 Å². The number of carbonyl (C=O) groups is 2. The van der Waals surface area contributed by atoms with Crippen LogP contribution in [0.2, 0.25) is 18.1 Å². The lowest BCUT2D eigenvalue weighted by atomic mass is 10.1. The first-order valence-electron chi connectivity index (χ1n) is 7.86. The Morgan fingerprint density at radius 2 is 2.05 bits per heavy atom. The van der Waals surface area contributed by atoms with E-state index in [2.05, 4.69) is 39.2 Å². The Labute approximate surface area is 134 Å². The fourth-order valence-electron chi connectivity index (χ4n) is 1.96. The summed E-state index contributed by atoms with van der Waals surface area (Å²) in [5.41, 5.74) is 5.39. The van der Waals surface area contributed by atoms with Crippen LogP contribution in [0.15, 0.2) is 0 Å². The van der Waals surface area contributed by atoms with E-state index < -0.39 is 20.3 Å². The molecule has 0 spiro atoms. The molecule has 1 saturated heterocycles. The van der Waals surface area contributed by atoms with Gasteiger partial charge in [-0.15, -0.1) is 0 Å². The summed E-state index contributed by atoms with van der Waals surface area (Å²) in [5, 5.41) is 2.84. The van der Waals surface area contributed by atoms with E-state index in [4.69, 9.17) is 14.9 Å². The molecule has 1 heterocycles. The molecule has 6 nitrogen and oxygen atoms in total. The Morgan fingerprint density at radius 1 is 1.41 bits per heavy atom. The van der Waals surface area contributed by atoms with Crippen molar-refractivity contribution in [3.05, 3.63) is 0 Å². The van der Waals surface area contributed by atoms with Crippen molar-refractivity contribution in [3.8, 4) is 0 Å². The monoisotopic (exact) mass is 330 g/mol. The van der Waals surface area contributed by atoms with Crippen LogP contribution in [0.4, 0.5) is 0 Å². The molecule has 2 amide bonds. The third-order valence-corrected chi connectivity index (χ3v) is 9.17. The molecule has 0 bridgehead atoms. The second kappa shape index (κ2) is 7.57. The number of carbonyl (C=O) groups excluding carboxylic acids is 2. The normalized spacial score (nSPS) is 20.7. The minimum atomic E-state index is -1.86. The molecule has 3 N–H and O–H groups in total. The molecule has 0 aromatic rings. The minimum absolute atomic E-state index is 0.111. The number of ether oxygens (including phenoxy) is 1. The van der Waals surface area contributed by atoms with Crippen molar-refractivity contribution in [2.24, 2.45) is 11.7 Å². The highest BCUT2D eigenvalue weighted by Gasteiger charge is 2.37. The van der Waals surface area contributed by atoms with Crippen molar-refractivity contribution in [2.75, 3.05) is 19.8 Å². The molecule has 0 radical (unpaired) electrons. The Bertz CT molecular complexity index is 401. The zero-order chi connectivity index (χ0) is 17.0. The number of primary amides is 1. The van der Waals surface area contributed by atoms with Crippen LogP contribution < -0.4 is 11.1 Å². The molecule has 0 aromatic carbocycles. The largest absolute Gasteiger partial charge is 0.417 e. The van der Waals surface area contributed by atoms with Gasteiger partial charge in [-0.25, -0.2) is 0 Å². The van der Waals surface area contributed by atoms with Crippen molar-refractivity contribution in [1.29, 1.82) is 0 Å². The summed E-state index contributed by atoms with van der Waals surface area (Å²) in [5.74, 6) is -0.858. The van der Waals surface area contributed by atoms with Gasteiger partial charge in [0.1, 0.15) is 6.04 Å². The van der Waals surface area contributed by atoms with E-state index in [0.717, 1.165) is 0 Å². The topological polar surface area (TPSA) is 90.7 Å². The van der Waals surface area contributed by atoms with Gasteiger partial charge >= 0.3 is 0 Å². The number of rotatable bonds is 7. The second-order valence-corrected chi connectivity index (χ2v) is 12.2. The summed E-state index contributed by atoms with van der Waals surface area (Å²) in [6, 6.07) is -0.683. The van der Waals surface area contributed by atoms with Gasteiger partial charge in [0.25, 0.3) is 0 Å². The summed E-state index contributed by atoms with van der Waals surface area (Å²) in [6.07, 6.45) is 1.10. The van der Waals surface area contributed by atoms with Gasteiger partial charge < -0.3 is 20.2 Å². The average molecular weight is 331 g/mol. The maximum Gasteiger partial charge on any atom is 0.240 e. The molecular weight excluding hydrogens is 300 g/mol. The molecule has 0 saturated carbocycles. The quantitative estimate of drug-likeness (QED) is 0.690. The van der Waals surface area contributed by atoms with E-state index in [9.17, 15) is 9.59 Å². The highest BCUT2D eigenvalue weighted by atomic mass is 28.4. The van der Waals surface area contributed by atoms with Gasteiger partial charge in [-0.05, 0) is 31.0 Å². The van der Waals surface area contributed by atoms with E-state index in [-0.39, 0.29) is 16.9 Å². The van der Waals surface area contributed by atoms with Crippen LogP contribution in [-0.2, 0) is 18.8 Å². The maximum absolute atomic E-state index is 12.0. The van der Waals surface area contributed by atoms with E-state index >= 15 is 0 Å².